The molecule has 0 aliphatic rings. The maximum Gasteiger partial charge on any atom is 0.100 e. The van der Waals surface area contributed by atoms with Gasteiger partial charge in [0.1, 0.15) is 6.10 Å². The van der Waals surface area contributed by atoms with E-state index in [0.29, 0.717) is 6.61 Å². The third-order valence-corrected chi connectivity index (χ3v) is 5.42. The van der Waals surface area contributed by atoms with E-state index >= 15 is 0 Å². The number of hydrogen-bond donors (Lipinski definition) is 2. The molecule has 27 heavy (non-hydrogen) atoms. The summed E-state index contributed by atoms with van der Waals surface area (Å²) in [6.07, 6.45) is 14.5. The average Bonchev–Trinajstić information content (AvgIpc) is 2.60. The molecule has 3 heteroatoms. The van der Waals surface area contributed by atoms with Gasteiger partial charge in [-0.05, 0) is 43.9 Å². The van der Waals surface area contributed by atoms with E-state index in [1.807, 2.05) is 0 Å². The summed E-state index contributed by atoms with van der Waals surface area (Å²) in [6.45, 7) is 12.3. The maximum atomic E-state index is 9.19. The minimum absolute atomic E-state index is 0.219. The predicted molar refractivity (Wildman–Crippen MR) is 117 cm³/mol. The first-order valence-electron chi connectivity index (χ1n) is 11.4. The molecule has 0 aromatic rings. The van der Waals surface area contributed by atoms with E-state index in [-0.39, 0.29) is 13.2 Å². The summed E-state index contributed by atoms with van der Waals surface area (Å²) < 4.78 is 5.32. The summed E-state index contributed by atoms with van der Waals surface area (Å²) in [6, 6.07) is 0. The van der Waals surface area contributed by atoms with Gasteiger partial charge >= 0.3 is 0 Å². The lowest BCUT2D eigenvalue weighted by Gasteiger charge is -2.15. The molecule has 0 aromatic carbocycles. The Bertz CT molecular complexity index is 352. The molecule has 0 radical (unpaired) electrons. The molecular formula is C24H48O3. The first-order chi connectivity index (χ1) is 12.8. The van der Waals surface area contributed by atoms with Crippen LogP contribution in [0.15, 0.2) is 11.6 Å². The molecule has 3 atom stereocenters. The topological polar surface area (TPSA) is 49.7 Å². The van der Waals surface area contributed by atoms with E-state index in [2.05, 4.69) is 40.7 Å². The van der Waals surface area contributed by atoms with Crippen LogP contribution in [-0.2, 0) is 4.74 Å². The van der Waals surface area contributed by atoms with Crippen LogP contribution in [0.5, 0.6) is 0 Å². The Hall–Kier alpha value is -0.380. The summed E-state index contributed by atoms with van der Waals surface area (Å²) in [5.74, 6) is 2.58. The van der Waals surface area contributed by atoms with E-state index in [9.17, 15) is 5.11 Å². The molecule has 0 aromatic heterocycles. The van der Waals surface area contributed by atoms with Crippen LogP contribution < -0.4 is 0 Å². The molecular weight excluding hydrogens is 336 g/mol. The van der Waals surface area contributed by atoms with Crippen molar-refractivity contribution in [2.24, 2.45) is 17.8 Å². The zero-order valence-corrected chi connectivity index (χ0v) is 18.9. The molecule has 0 saturated heterocycles. The largest absolute Gasteiger partial charge is 0.394 e. The zero-order valence-electron chi connectivity index (χ0n) is 18.9. The summed E-state index contributed by atoms with van der Waals surface area (Å²) in [5, 5.41) is 17.9. The van der Waals surface area contributed by atoms with Crippen molar-refractivity contribution < 1.29 is 14.9 Å². The van der Waals surface area contributed by atoms with E-state index in [4.69, 9.17) is 9.84 Å². The van der Waals surface area contributed by atoms with Gasteiger partial charge in [-0.3, -0.25) is 0 Å². The van der Waals surface area contributed by atoms with Crippen molar-refractivity contribution in [1.29, 1.82) is 0 Å². The highest BCUT2D eigenvalue weighted by Gasteiger charge is 2.07. The Balaban J connectivity index is 3.60. The minimum Gasteiger partial charge on any atom is -0.394 e. The summed E-state index contributed by atoms with van der Waals surface area (Å²) in [5.41, 5.74) is 1.44. The Morgan fingerprint density at radius 2 is 1.44 bits per heavy atom. The third kappa shape index (κ3) is 18.7. The number of rotatable bonds is 18. The third-order valence-electron chi connectivity index (χ3n) is 5.42. The van der Waals surface area contributed by atoms with Crippen LogP contribution in [0.3, 0.4) is 0 Å². The SMILES string of the molecule is CC(=CCCOCC(O)CO)CCCC(C)CCCC(C)CCCC(C)C. The predicted octanol–water partition coefficient (Wildman–Crippen LogP) is 6.13. The van der Waals surface area contributed by atoms with Gasteiger partial charge in [0.25, 0.3) is 0 Å². The van der Waals surface area contributed by atoms with Crippen molar-refractivity contribution in [3.63, 3.8) is 0 Å². The van der Waals surface area contributed by atoms with Gasteiger partial charge < -0.3 is 14.9 Å². The normalized spacial score (nSPS) is 15.9. The van der Waals surface area contributed by atoms with Crippen LogP contribution in [0.25, 0.3) is 0 Å². The van der Waals surface area contributed by atoms with Crippen LogP contribution in [0.4, 0.5) is 0 Å². The second-order valence-electron chi connectivity index (χ2n) is 9.11. The van der Waals surface area contributed by atoms with Gasteiger partial charge in [0.15, 0.2) is 0 Å². The molecule has 3 unspecified atom stereocenters. The Kier molecular flexibility index (Phi) is 17.5. The highest BCUT2D eigenvalue weighted by Crippen LogP contribution is 2.22. The molecule has 0 spiro atoms. The van der Waals surface area contributed by atoms with Crippen LogP contribution in [0.2, 0.25) is 0 Å². The number of ether oxygens (including phenoxy) is 1. The van der Waals surface area contributed by atoms with Crippen LogP contribution in [0, 0.1) is 17.8 Å². The second kappa shape index (κ2) is 17.7. The Morgan fingerprint density at radius 3 is 2.00 bits per heavy atom. The number of aliphatic hydroxyl groups is 2. The average molecular weight is 385 g/mol. The van der Waals surface area contributed by atoms with Crippen molar-refractivity contribution in [2.45, 2.75) is 105 Å². The Labute approximate surface area is 169 Å². The fourth-order valence-corrected chi connectivity index (χ4v) is 3.47. The van der Waals surface area contributed by atoms with E-state index in [1.165, 1.54) is 63.4 Å². The maximum absolute atomic E-state index is 9.19. The minimum atomic E-state index is -0.750. The van der Waals surface area contributed by atoms with Crippen molar-refractivity contribution in [1.82, 2.24) is 0 Å². The van der Waals surface area contributed by atoms with E-state index in [1.54, 1.807) is 0 Å². The highest BCUT2D eigenvalue weighted by molar-refractivity contribution is 4.97. The first-order valence-corrected chi connectivity index (χ1v) is 11.4. The lowest BCUT2D eigenvalue weighted by atomic mass is 9.91. The molecule has 0 amide bonds. The van der Waals surface area contributed by atoms with Gasteiger partial charge in [0.05, 0.1) is 19.8 Å². The number of aliphatic hydroxyl groups excluding tert-OH is 2. The zero-order chi connectivity index (χ0) is 20.5. The molecule has 0 aliphatic carbocycles. The molecule has 3 nitrogen and oxygen atoms in total. The van der Waals surface area contributed by atoms with Crippen LogP contribution in [0.1, 0.15) is 98.8 Å². The molecule has 0 fully saturated rings. The molecule has 0 aliphatic heterocycles. The lowest BCUT2D eigenvalue weighted by Crippen LogP contribution is -2.19. The summed E-state index contributed by atoms with van der Waals surface area (Å²) in [7, 11) is 0. The standard InChI is InChI=1S/C24H48O3/c1-20(2)10-6-11-21(3)12-7-13-22(4)14-8-15-23(5)16-9-17-27-19-24(26)18-25/h16,20-22,24-26H,6-15,17-19H2,1-5H3. The van der Waals surface area contributed by atoms with Gasteiger partial charge in [-0.1, -0.05) is 84.3 Å². The van der Waals surface area contributed by atoms with Crippen molar-refractivity contribution in [3.05, 3.63) is 11.6 Å². The fourth-order valence-electron chi connectivity index (χ4n) is 3.47. The first kappa shape index (κ1) is 26.6. The highest BCUT2D eigenvalue weighted by atomic mass is 16.5. The molecule has 162 valence electrons. The van der Waals surface area contributed by atoms with Gasteiger partial charge in [0.2, 0.25) is 0 Å². The molecule has 0 rings (SSSR count). The van der Waals surface area contributed by atoms with Crippen molar-refractivity contribution >= 4 is 0 Å². The number of hydrogen-bond acceptors (Lipinski definition) is 3. The fraction of sp³-hybridized carbons (Fsp3) is 0.917. The lowest BCUT2D eigenvalue weighted by molar-refractivity contribution is 0.00764. The molecule has 0 heterocycles. The Morgan fingerprint density at radius 1 is 0.889 bits per heavy atom. The van der Waals surface area contributed by atoms with E-state index < -0.39 is 6.10 Å². The van der Waals surface area contributed by atoms with E-state index in [0.717, 1.165) is 24.2 Å². The van der Waals surface area contributed by atoms with Gasteiger partial charge in [-0.25, -0.2) is 0 Å². The second-order valence-corrected chi connectivity index (χ2v) is 9.11. The smallest absolute Gasteiger partial charge is 0.100 e. The summed E-state index contributed by atoms with van der Waals surface area (Å²) in [4.78, 5) is 0. The van der Waals surface area contributed by atoms with Gasteiger partial charge in [0, 0.05) is 0 Å². The number of allylic oxidation sites excluding steroid dienone is 1. The van der Waals surface area contributed by atoms with Crippen LogP contribution >= 0.6 is 0 Å². The molecule has 0 bridgehead atoms. The van der Waals surface area contributed by atoms with Crippen LogP contribution in [-0.4, -0.2) is 36.1 Å². The van der Waals surface area contributed by atoms with Gasteiger partial charge in [-0.2, -0.15) is 0 Å². The van der Waals surface area contributed by atoms with Crippen molar-refractivity contribution in [3.8, 4) is 0 Å². The molecule has 0 saturated carbocycles. The molecule has 2 N–H and O–H groups in total. The quantitative estimate of drug-likeness (QED) is 0.221. The monoisotopic (exact) mass is 384 g/mol. The summed E-state index contributed by atoms with van der Waals surface area (Å²) >= 11 is 0. The van der Waals surface area contributed by atoms with Crippen molar-refractivity contribution in [2.75, 3.05) is 19.8 Å². The van der Waals surface area contributed by atoms with Gasteiger partial charge in [-0.15, -0.1) is 0 Å².